The van der Waals surface area contributed by atoms with Crippen LogP contribution in [0.15, 0.2) is 30.5 Å². The van der Waals surface area contributed by atoms with Crippen LogP contribution >= 0.6 is 11.3 Å². The maximum atomic E-state index is 12.7. The van der Waals surface area contributed by atoms with E-state index in [1.54, 1.807) is 18.2 Å². The molecule has 2 heterocycles. The van der Waals surface area contributed by atoms with Crippen molar-refractivity contribution in [3.8, 4) is 16.3 Å². The number of anilines is 4. The summed E-state index contributed by atoms with van der Waals surface area (Å²) in [4.78, 5) is 41.2. The van der Waals surface area contributed by atoms with E-state index in [-0.39, 0.29) is 41.5 Å². The molecule has 0 spiro atoms. The monoisotopic (exact) mass is 514 g/mol. The maximum absolute atomic E-state index is 12.7. The van der Waals surface area contributed by atoms with Gasteiger partial charge in [0, 0.05) is 30.2 Å². The van der Waals surface area contributed by atoms with Crippen LogP contribution in [-0.2, 0) is 14.3 Å². The molecule has 1 saturated carbocycles. The summed E-state index contributed by atoms with van der Waals surface area (Å²) in [5.41, 5.74) is 0.753. The van der Waals surface area contributed by atoms with Crippen molar-refractivity contribution < 1.29 is 28.0 Å². The first kappa shape index (κ1) is 21.2. The van der Waals surface area contributed by atoms with Crippen molar-refractivity contribution in [2.75, 3.05) is 43.8 Å². The lowest BCUT2D eigenvalue weighted by Gasteiger charge is -2.16. The van der Waals surface area contributed by atoms with Gasteiger partial charge in [-0.3, -0.25) is 14.4 Å². The molecule has 1 fully saturated rings. The van der Waals surface area contributed by atoms with Gasteiger partial charge in [-0.15, -0.1) is 10.2 Å². The zero-order valence-electron chi connectivity index (χ0n) is 22.4. The molecule has 2 aromatic heterocycles. The summed E-state index contributed by atoms with van der Waals surface area (Å²) < 4.78 is 32.6. The lowest BCUT2D eigenvalue weighted by Crippen LogP contribution is -2.22. The average Bonchev–Trinajstić information content (AvgIpc) is 3.62. The molecule has 4 N–H and O–H groups in total. The molecule has 0 saturated heterocycles. The number of para-hydroxylation sites is 1. The van der Waals surface area contributed by atoms with E-state index in [0.29, 0.717) is 27.0 Å². The standard InChI is InChI=1S/C23H25N7O5S/c1-24-22(33)19-15(9-16(29-30-19)27-21(32)12-7-8-12)26-14-6-4-5-13(20(14)35-3)23-25-10-18(36-23)28-17(31)11-34-2/h4-6,9-10,12H,7-8,11H2,1-3H3,(H,24,33)(H,28,31)(H2,26,27,29,32)/i1D3. The van der Waals surface area contributed by atoms with Crippen LogP contribution in [-0.4, -0.2) is 60.7 Å². The van der Waals surface area contributed by atoms with Crippen LogP contribution in [0.1, 0.15) is 27.4 Å². The highest BCUT2D eigenvalue weighted by Gasteiger charge is 2.30. The second kappa shape index (κ2) is 11.1. The molecule has 1 aliphatic carbocycles. The third-order valence-corrected chi connectivity index (χ3v) is 6.03. The Morgan fingerprint density at radius 2 is 2.00 bits per heavy atom. The molecule has 1 aromatic carbocycles. The summed E-state index contributed by atoms with van der Waals surface area (Å²) >= 11 is 1.21. The minimum absolute atomic E-state index is 0.0833. The molecule has 0 unspecified atom stereocenters. The Kier molecular flexibility index (Phi) is 6.53. The molecular formula is C23H25N7O5S. The Labute approximate surface area is 215 Å². The third kappa shape index (κ3) is 5.75. The van der Waals surface area contributed by atoms with E-state index in [0.717, 1.165) is 12.8 Å². The van der Waals surface area contributed by atoms with Gasteiger partial charge in [-0.05, 0) is 25.0 Å². The Morgan fingerprint density at radius 1 is 1.17 bits per heavy atom. The number of hydrogen-bond donors (Lipinski definition) is 4. The van der Waals surface area contributed by atoms with Crippen molar-refractivity contribution in [1.29, 1.82) is 0 Å². The lowest BCUT2D eigenvalue weighted by atomic mass is 10.1. The fraction of sp³-hybridized carbons (Fsp3) is 0.304. The minimum atomic E-state index is -2.76. The Bertz CT molecular complexity index is 1390. The van der Waals surface area contributed by atoms with Gasteiger partial charge >= 0.3 is 0 Å². The maximum Gasteiger partial charge on any atom is 0.273 e. The molecular weight excluding hydrogens is 486 g/mol. The van der Waals surface area contributed by atoms with Crippen LogP contribution in [0.4, 0.5) is 22.2 Å². The van der Waals surface area contributed by atoms with E-state index >= 15 is 0 Å². The summed E-state index contributed by atoms with van der Waals surface area (Å²) in [6, 6.07) is 6.54. The van der Waals surface area contributed by atoms with Crippen LogP contribution in [0.3, 0.4) is 0 Å². The van der Waals surface area contributed by atoms with Crippen molar-refractivity contribution in [2.45, 2.75) is 12.8 Å². The van der Waals surface area contributed by atoms with Gasteiger partial charge in [0.15, 0.2) is 17.3 Å². The largest absolute Gasteiger partial charge is 0.494 e. The highest BCUT2D eigenvalue weighted by molar-refractivity contribution is 7.19. The minimum Gasteiger partial charge on any atom is -0.494 e. The molecule has 188 valence electrons. The number of carbonyl (C=O) groups excluding carboxylic acids is 3. The summed E-state index contributed by atoms with van der Waals surface area (Å²) in [7, 11) is 2.87. The van der Waals surface area contributed by atoms with Crippen molar-refractivity contribution in [3.05, 3.63) is 36.2 Å². The number of benzene rings is 1. The molecule has 12 nitrogen and oxygen atoms in total. The van der Waals surface area contributed by atoms with E-state index < -0.39 is 12.9 Å². The molecule has 0 aliphatic heterocycles. The van der Waals surface area contributed by atoms with E-state index in [1.165, 1.54) is 37.8 Å². The molecule has 0 atom stereocenters. The van der Waals surface area contributed by atoms with Crippen LogP contribution in [0.5, 0.6) is 5.75 Å². The summed E-state index contributed by atoms with van der Waals surface area (Å²) in [6.45, 7) is -2.86. The number of hydrogen-bond acceptors (Lipinski definition) is 10. The molecule has 3 amide bonds. The van der Waals surface area contributed by atoms with E-state index in [9.17, 15) is 14.4 Å². The van der Waals surface area contributed by atoms with Gasteiger partial charge in [-0.25, -0.2) is 4.98 Å². The molecule has 0 radical (unpaired) electrons. The number of thiazole rings is 1. The van der Waals surface area contributed by atoms with Gasteiger partial charge in [0.1, 0.15) is 16.6 Å². The predicted octanol–water partition coefficient (Wildman–Crippen LogP) is 2.65. The third-order valence-electron chi connectivity index (χ3n) is 5.08. The van der Waals surface area contributed by atoms with Crippen molar-refractivity contribution in [1.82, 2.24) is 20.5 Å². The topological polar surface area (TPSA) is 156 Å². The Hall–Kier alpha value is -4.10. The molecule has 36 heavy (non-hydrogen) atoms. The fourth-order valence-electron chi connectivity index (χ4n) is 3.28. The van der Waals surface area contributed by atoms with Crippen molar-refractivity contribution in [3.63, 3.8) is 0 Å². The zero-order valence-corrected chi connectivity index (χ0v) is 20.2. The lowest BCUT2D eigenvalue weighted by molar-refractivity contribution is -0.119. The smallest absolute Gasteiger partial charge is 0.273 e. The van der Waals surface area contributed by atoms with Crippen LogP contribution in [0.25, 0.3) is 10.6 Å². The highest BCUT2D eigenvalue weighted by atomic mass is 32.1. The number of carbonyl (C=O) groups is 3. The van der Waals surface area contributed by atoms with Crippen LogP contribution < -0.4 is 26.0 Å². The first-order valence-corrected chi connectivity index (χ1v) is 11.6. The van der Waals surface area contributed by atoms with E-state index in [2.05, 4.69) is 31.1 Å². The van der Waals surface area contributed by atoms with Crippen molar-refractivity contribution in [2.24, 2.45) is 5.92 Å². The SMILES string of the molecule is [2H]C([2H])([2H])NC(=O)c1nnc(NC(=O)C2CC2)cc1Nc1cccc(-c2ncc(NC(=O)COC)s2)c1OC. The van der Waals surface area contributed by atoms with Gasteiger partial charge < -0.3 is 30.7 Å². The number of nitrogens with one attached hydrogen (secondary N) is 4. The van der Waals surface area contributed by atoms with Crippen LogP contribution in [0.2, 0.25) is 0 Å². The number of aromatic nitrogens is 3. The Morgan fingerprint density at radius 3 is 2.72 bits per heavy atom. The second-order valence-electron chi connectivity index (χ2n) is 7.73. The number of amides is 3. The van der Waals surface area contributed by atoms with E-state index in [1.807, 2.05) is 5.32 Å². The van der Waals surface area contributed by atoms with Gasteiger partial charge in [-0.1, -0.05) is 17.4 Å². The molecule has 1 aliphatic rings. The van der Waals surface area contributed by atoms with Crippen molar-refractivity contribution >= 4 is 51.3 Å². The summed E-state index contributed by atoms with van der Waals surface area (Å²) in [6.07, 6.45) is 3.07. The normalized spacial score (nSPS) is 14.1. The second-order valence-corrected chi connectivity index (χ2v) is 8.76. The predicted molar refractivity (Wildman–Crippen MR) is 135 cm³/mol. The van der Waals surface area contributed by atoms with Gasteiger partial charge in [0.05, 0.1) is 30.2 Å². The van der Waals surface area contributed by atoms with Gasteiger partial charge in [-0.2, -0.15) is 0 Å². The highest BCUT2D eigenvalue weighted by Crippen LogP contribution is 2.40. The van der Waals surface area contributed by atoms with Crippen LogP contribution in [0, 0.1) is 5.92 Å². The van der Waals surface area contributed by atoms with Gasteiger partial charge in [0.2, 0.25) is 5.91 Å². The number of ether oxygens (including phenoxy) is 2. The molecule has 3 aromatic rings. The number of methoxy groups -OCH3 is 2. The van der Waals surface area contributed by atoms with E-state index in [4.69, 9.17) is 13.6 Å². The zero-order chi connectivity index (χ0) is 28.2. The quantitative estimate of drug-likeness (QED) is 0.319. The fourth-order valence-corrected chi connectivity index (χ4v) is 4.13. The molecule has 13 heteroatoms. The average molecular weight is 515 g/mol. The summed E-state index contributed by atoms with van der Waals surface area (Å²) in [5.74, 6) is -1.19. The summed E-state index contributed by atoms with van der Waals surface area (Å²) in [5, 5.41) is 19.1. The molecule has 4 rings (SSSR count). The first-order chi connectivity index (χ1) is 18.6. The first-order valence-electron chi connectivity index (χ1n) is 12.3. The number of nitrogens with zero attached hydrogens (tertiary/aromatic N) is 3. The number of rotatable bonds is 10. The molecule has 0 bridgehead atoms. The van der Waals surface area contributed by atoms with Gasteiger partial charge in [0.25, 0.3) is 11.8 Å². The Balaban J connectivity index is 1.67.